The Morgan fingerprint density at radius 3 is 2.67 bits per heavy atom. The maximum atomic E-state index is 12.1. The van der Waals surface area contributed by atoms with Gasteiger partial charge in [0.1, 0.15) is 5.75 Å². The van der Waals surface area contributed by atoms with Gasteiger partial charge < -0.3 is 4.52 Å². The van der Waals surface area contributed by atoms with Crippen molar-refractivity contribution in [2.45, 2.75) is 17.6 Å². The molecule has 2 rings (SSSR count). The van der Waals surface area contributed by atoms with Crippen LogP contribution in [-0.4, -0.2) is 18.6 Å². The van der Waals surface area contributed by atoms with Crippen LogP contribution in [0, 0.1) is 6.92 Å². The van der Waals surface area contributed by atoms with Crippen molar-refractivity contribution in [3.63, 3.8) is 0 Å². The number of hydrogen-bond donors (Lipinski definition) is 0. The molecule has 0 spiro atoms. The smallest absolute Gasteiger partial charge is 0.223 e. The first kappa shape index (κ1) is 13.3. The van der Waals surface area contributed by atoms with E-state index in [1.165, 1.54) is 18.2 Å². The summed E-state index contributed by atoms with van der Waals surface area (Å²) in [6.07, 6.45) is 0. The van der Waals surface area contributed by atoms with E-state index in [2.05, 4.69) is 10.1 Å². The number of hydrogen-bond acceptors (Lipinski definition) is 5. The van der Waals surface area contributed by atoms with Crippen LogP contribution >= 0.6 is 23.2 Å². The summed E-state index contributed by atoms with van der Waals surface area (Å²) in [7, 11) is -3.65. The number of halogens is 2. The van der Waals surface area contributed by atoms with Gasteiger partial charge in [-0.2, -0.15) is 4.98 Å². The Balaban J connectivity index is 2.40. The Morgan fingerprint density at radius 1 is 1.33 bits per heavy atom. The van der Waals surface area contributed by atoms with Crippen molar-refractivity contribution in [2.24, 2.45) is 0 Å². The highest BCUT2D eigenvalue weighted by Gasteiger charge is 2.22. The first-order valence-corrected chi connectivity index (χ1v) is 7.27. The zero-order valence-corrected chi connectivity index (χ0v) is 11.6. The number of aryl methyl sites for hydroxylation is 1. The largest absolute Gasteiger partial charge is 0.340 e. The summed E-state index contributed by atoms with van der Waals surface area (Å²) in [4.78, 5) is 3.80. The Morgan fingerprint density at radius 2 is 2.06 bits per heavy atom. The molecule has 0 N–H and O–H groups in total. The lowest BCUT2D eigenvalue weighted by Crippen LogP contribution is -2.07. The average molecular weight is 307 g/mol. The first-order chi connectivity index (χ1) is 8.40. The molecule has 0 saturated heterocycles. The molecule has 0 aliphatic carbocycles. The molecule has 1 aromatic heterocycles. The van der Waals surface area contributed by atoms with E-state index in [0.29, 0.717) is 5.89 Å². The lowest BCUT2D eigenvalue weighted by Gasteiger charge is -2.05. The van der Waals surface area contributed by atoms with Crippen LogP contribution in [0.5, 0.6) is 0 Å². The Labute approximate surface area is 114 Å². The highest BCUT2D eigenvalue weighted by atomic mass is 35.5. The molecule has 5 nitrogen and oxygen atoms in total. The molecule has 96 valence electrons. The summed E-state index contributed by atoms with van der Waals surface area (Å²) in [5.41, 5.74) is 0. The molecule has 18 heavy (non-hydrogen) atoms. The summed E-state index contributed by atoms with van der Waals surface area (Å²) in [5, 5.41) is 3.72. The van der Waals surface area contributed by atoms with Gasteiger partial charge in [0.05, 0.1) is 14.9 Å². The third-order valence-corrected chi connectivity index (χ3v) is 4.72. The molecule has 8 heteroatoms. The van der Waals surface area contributed by atoms with Crippen LogP contribution in [-0.2, 0) is 15.6 Å². The lowest BCUT2D eigenvalue weighted by molar-refractivity contribution is 0.388. The fraction of sp³-hybridized carbons (Fsp3) is 0.200. The predicted octanol–water partition coefficient (Wildman–Crippen LogP) is 2.66. The fourth-order valence-electron chi connectivity index (χ4n) is 1.37. The standard InChI is InChI=1S/C10H8Cl2N2O3S/c1-6-13-9(14-17-6)5-18(15,16)8-4-2-3-7(11)10(8)12/h2-4H,5H2,1H3. The molecule has 0 fully saturated rings. The molecule has 0 radical (unpaired) electrons. The normalized spacial score (nSPS) is 11.7. The third kappa shape index (κ3) is 2.66. The van der Waals surface area contributed by atoms with Crippen LogP contribution < -0.4 is 0 Å². The zero-order chi connectivity index (χ0) is 13.3. The van der Waals surface area contributed by atoms with Crippen molar-refractivity contribution in [2.75, 3.05) is 0 Å². The quantitative estimate of drug-likeness (QED) is 0.871. The molecule has 0 unspecified atom stereocenters. The lowest BCUT2D eigenvalue weighted by atomic mass is 10.4. The second kappa shape index (κ2) is 4.87. The molecule has 0 aliphatic heterocycles. The second-order valence-electron chi connectivity index (χ2n) is 3.54. The van der Waals surface area contributed by atoms with Gasteiger partial charge in [-0.1, -0.05) is 34.4 Å². The molecule has 0 aliphatic rings. The molecule has 0 saturated carbocycles. The van der Waals surface area contributed by atoms with E-state index in [9.17, 15) is 8.42 Å². The average Bonchev–Trinajstić information content (AvgIpc) is 2.67. The maximum Gasteiger partial charge on any atom is 0.223 e. The summed E-state index contributed by atoms with van der Waals surface area (Å²) >= 11 is 11.7. The number of aromatic nitrogens is 2. The molecular formula is C10H8Cl2N2O3S. The van der Waals surface area contributed by atoms with Crippen LogP contribution in [0.2, 0.25) is 10.0 Å². The SMILES string of the molecule is Cc1nc(CS(=O)(=O)c2cccc(Cl)c2Cl)no1. The van der Waals surface area contributed by atoms with Crippen molar-refractivity contribution in [1.29, 1.82) is 0 Å². The van der Waals surface area contributed by atoms with E-state index in [0.717, 1.165) is 0 Å². The van der Waals surface area contributed by atoms with Crippen LogP contribution in [0.3, 0.4) is 0 Å². The minimum atomic E-state index is -3.65. The fourth-order valence-corrected chi connectivity index (χ4v) is 3.36. The van der Waals surface area contributed by atoms with E-state index in [1.54, 1.807) is 6.92 Å². The van der Waals surface area contributed by atoms with Crippen LogP contribution in [0.15, 0.2) is 27.6 Å². The van der Waals surface area contributed by atoms with Crippen molar-refractivity contribution in [3.05, 3.63) is 40.0 Å². The van der Waals surface area contributed by atoms with Crippen LogP contribution in [0.25, 0.3) is 0 Å². The summed E-state index contributed by atoms with van der Waals surface area (Å²) < 4.78 is 29.0. The van der Waals surface area contributed by atoms with E-state index in [-0.39, 0.29) is 26.5 Å². The number of benzene rings is 1. The van der Waals surface area contributed by atoms with E-state index < -0.39 is 9.84 Å². The number of sulfone groups is 1. The highest BCUT2D eigenvalue weighted by Crippen LogP contribution is 2.30. The van der Waals surface area contributed by atoms with E-state index >= 15 is 0 Å². The summed E-state index contributed by atoms with van der Waals surface area (Å²) in [6, 6.07) is 4.42. The Bertz CT molecular complexity index is 682. The molecule has 0 amide bonds. The summed E-state index contributed by atoms with van der Waals surface area (Å²) in [5.74, 6) is 0.00523. The minimum Gasteiger partial charge on any atom is -0.340 e. The van der Waals surface area contributed by atoms with Gasteiger partial charge in [-0.05, 0) is 12.1 Å². The van der Waals surface area contributed by atoms with Crippen molar-refractivity contribution >= 4 is 33.0 Å². The second-order valence-corrected chi connectivity index (χ2v) is 6.28. The van der Waals surface area contributed by atoms with Gasteiger partial charge in [0.2, 0.25) is 5.89 Å². The zero-order valence-electron chi connectivity index (χ0n) is 9.22. The topological polar surface area (TPSA) is 73.1 Å². The maximum absolute atomic E-state index is 12.1. The highest BCUT2D eigenvalue weighted by molar-refractivity contribution is 7.90. The van der Waals surface area contributed by atoms with Gasteiger partial charge in [-0.25, -0.2) is 8.42 Å². The van der Waals surface area contributed by atoms with Crippen molar-refractivity contribution < 1.29 is 12.9 Å². The molecular weight excluding hydrogens is 299 g/mol. The molecule has 1 aromatic carbocycles. The molecule has 0 atom stereocenters. The number of rotatable bonds is 3. The Hall–Kier alpha value is -1.11. The first-order valence-electron chi connectivity index (χ1n) is 4.86. The van der Waals surface area contributed by atoms with Gasteiger partial charge in [-0.3, -0.25) is 0 Å². The van der Waals surface area contributed by atoms with E-state index in [4.69, 9.17) is 27.7 Å². The van der Waals surface area contributed by atoms with Crippen molar-refractivity contribution in [3.8, 4) is 0 Å². The van der Waals surface area contributed by atoms with Gasteiger partial charge >= 0.3 is 0 Å². The van der Waals surface area contributed by atoms with Gasteiger partial charge in [0.15, 0.2) is 15.7 Å². The third-order valence-electron chi connectivity index (χ3n) is 2.14. The monoisotopic (exact) mass is 306 g/mol. The van der Waals surface area contributed by atoms with Crippen molar-refractivity contribution in [1.82, 2.24) is 10.1 Å². The predicted molar refractivity (Wildman–Crippen MR) is 66.4 cm³/mol. The Kier molecular flexibility index (Phi) is 3.61. The van der Waals surface area contributed by atoms with Crippen LogP contribution in [0.1, 0.15) is 11.7 Å². The summed E-state index contributed by atoms with van der Waals surface area (Å²) in [6.45, 7) is 1.58. The van der Waals surface area contributed by atoms with E-state index in [1.807, 2.05) is 0 Å². The van der Waals surface area contributed by atoms with Crippen LogP contribution in [0.4, 0.5) is 0 Å². The minimum absolute atomic E-state index is 0.000571. The molecule has 2 aromatic rings. The molecule has 1 heterocycles. The van der Waals surface area contributed by atoms with Gasteiger partial charge in [-0.15, -0.1) is 0 Å². The number of nitrogens with zero attached hydrogens (tertiary/aromatic N) is 2. The van der Waals surface area contributed by atoms with Gasteiger partial charge in [0, 0.05) is 6.92 Å². The molecule has 0 bridgehead atoms. The van der Waals surface area contributed by atoms with Gasteiger partial charge in [0.25, 0.3) is 0 Å².